The van der Waals surface area contributed by atoms with Gasteiger partial charge in [-0.1, -0.05) is 37.0 Å². The van der Waals surface area contributed by atoms with Crippen LogP contribution in [-0.2, 0) is 19.9 Å². The van der Waals surface area contributed by atoms with Gasteiger partial charge in [0, 0.05) is 24.4 Å². The van der Waals surface area contributed by atoms with Gasteiger partial charge in [0.1, 0.15) is 0 Å². The van der Waals surface area contributed by atoms with Crippen LogP contribution in [0.15, 0.2) is 5.38 Å². The van der Waals surface area contributed by atoms with Gasteiger partial charge in [-0.15, -0.1) is 11.3 Å². The van der Waals surface area contributed by atoms with Crippen molar-refractivity contribution in [2.45, 2.75) is 39.7 Å². The van der Waals surface area contributed by atoms with E-state index in [4.69, 9.17) is 23.2 Å². The van der Waals surface area contributed by atoms with Crippen LogP contribution in [0.5, 0.6) is 0 Å². The Bertz CT molecular complexity index is 619. The fraction of sp³-hybridized carbons (Fsp3) is 0.533. The maximum absolute atomic E-state index is 6.47. The first-order chi connectivity index (χ1) is 9.99. The fourth-order valence-electron chi connectivity index (χ4n) is 2.42. The molecule has 3 nitrogen and oxygen atoms in total. The number of hydrogen-bond acceptors (Lipinski definition) is 3. The predicted octanol–water partition coefficient (Wildman–Crippen LogP) is 4.55. The van der Waals surface area contributed by atoms with E-state index in [1.54, 1.807) is 11.3 Å². The monoisotopic (exact) mass is 345 g/mol. The number of halogens is 2. The third-order valence-electron chi connectivity index (χ3n) is 3.59. The number of nitrogens with one attached hydrogen (secondary N) is 1. The molecule has 2 aromatic rings. The minimum atomic E-state index is 0.166. The molecule has 2 heterocycles. The minimum absolute atomic E-state index is 0.166. The quantitative estimate of drug-likeness (QED) is 0.831. The van der Waals surface area contributed by atoms with Gasteiger partial charge in [0.2, 0.25) is 0 Å². The molecule has 6 heteroatoms. The van der Waals surface area contributed by atoms with Crippen LogP contribution in [0.25, 0.3) is 0 Å². The van der Waals surface area contributed by atoms with Crippen molar-refractivity contribution in [1.82, 2.24) is 15.1 Å². The van der Waals surface area contributed by atoms with Crippen LogP contribution < -0.4 is 5.32 Å². The van der Waals surface area contributed by atoms with E-state index < -0.39 is 0 Å². The lowest BCUT2D eigenvalue weighted by molar-refractivity contribution is 0.536. The van der Waals surface area contributed by atoms with Gasteiger partial charge in [0.25, 0.3) is 0 Å². The first-order valence-electron chi connectivity index (χ1n) is 7.16. The van der Waals surface area contributed by atoms with E-state index in [2.05, 4.69) is 29.6 Å². The van der Waals surface area contributed by atoms with Crippen molar-refractivity contribution < 1.29 is 0 Å². The first-order valence-corrected chi connectivity index (χ1v) is 8.80. The number of hydrogen-bond donors (Lipinski definition) is 1. The molecule has 1 N–H and O–H groups in total. The average molecular weight is 346 g/mol. The second-order valence-corrected chi connectivity index (χ2v) is 6.76. The smallest absolute Gasteiger partial charge is 0.0850 e. The molecule has 2 rings (SSSR count). The maximum atomic E-state index is 6.47. The van der Waals surface area contributed by atoms with Gasteiger partial charge in [-0.2, -0.15) is 5.10 Å². The number of thiophene rings is 1. The highest BCUT2D eigenvalue weighted by Crippen LogP contribution is 2.35. The Hall–Kier alpha value is -0.550. The first kappa shape index (κ1) is 16.8. The summed E-state index contributed by atoms with van der Waals surface area (Å²) in [7, 11) is 1.95. The fourth-order valence-corrected chi connectivity index (χ4v) is 4.20. The van der Waals surface area contributed by atoms with Crippen molar-refractivity contribution >= 4 is 34.5 Å². The molecule has 0 saturated carbocycles. The van der Waals surface area contributed by atoms with Crippen molar-refractivity contribution in [1.29, 1.82) is 0 Å². The van der Waals surface area contributed by atoms with E-state index in [0.29, 0.717) is 0 Å². The Balaban J connectivity index is 2.33. The summed E-state index contributed by atoms with van der Waals surface area (Å²) < 4.78 is 1.89. The van der Waals surface area contributed by atoms with Gasteiger partial charge in [-0.05, 0) is 30.8 Å². The Morgan fingerprint density at radius 2 is 2.05 bits per heavy atom. The molecule has 0 aliphatic heterocycles. The standard InChI is InChI=1S/C15H21Cl2N3S/c1-5-10-14(17)12(20(4)19-10)7-11(18-6-2)15-13(16)9(3)8-21-15/h8,11,18H,5-7H2,1-4H3. The highest BCUT2D eigenvalue weighted by atomic mass is 35.5. The molecule has 1 unspecified atom stereocenters. The Kier molecular flexibility index (Phi) is 5.72. The number of nitrogens with zero attached hydrogens (tertiary/aromatic N) is 2. The zero-order valence-electron chi connectivity index (χ0n) is 12.8. The van der Waals surface area contributed by atoms with Crippen molar-refractivity contribution in [2.24, 2.45) is 7.05 Å². The van der Waals surface area contributed by atoms with Gasteiger partial charge in [0.05, 0.1) is 21.4 Å². The molecule has 0 fully saturated rings. The Morgan fingerprint density at radius 1 is 1.33 bits per heavy atom. The molecule has 0 amide bonds. The van der Waals surface area contributed by atoms with Gasteiger partial charge < -0.3 is 5.32 Å². The van der Waals surface area contributed by atoms with Crippen molar-refractivity contribution in [3.63, 3.8) is 0 Å². The molecule has 0 bridgehead atoms. The molecule has 0 saturated heterocycles. The molecule has 0 spiro atoms. The van der Waals surface area contributed by atoms with E-state index in [0.717, 1.165) is 46.4 Å². The maximum Gasteiger partial charge on any atom is 0.0850 e. The van der Waals surface area contributed by atoms with E-state index in [1.165, 1.54) is 4.88 Å². The normalized spacial score (nSPS) is 12.9. The molecular formula is C15H21Cl2N3S. The summed E-state index contributed by atoms with van der Waals surface area (Å²) in [5, 5.41) is 11.7. The second-order valence-electron chi connectivity index (χ2n) is 5.10. The summed E-state index contributed by atoms with van der Waals surface area (Å²) >= 11 is 14.6. The van der Waals surface area contributed by atoms with Crippen LogP contribution in [0.3, 0.4) is 0 Å². The largest absolute Gasteiger partial charge is 0.309 e. The van der Waals surface area contributed by atoms with E-state index in [-0.39, 0.29) is 6.04 Å². The van der Waals surface area contributed by atoms with Crippen LogP contribution in [0.4, 0.5) is 0 Å². The van der Waals surface area contributed by atoms with Crippen molar-refractivity contribution in [3.05, 3.63) is 37.3 Å². The van der Waals surface area contributed by atoms with Crippen LogP contribution in [-0.4, -0.2) is 16.3 Å². The Labute approximate surface area is 140 Å². The number of rotatable bonds is 6. The van der Waals surface area contributed by atoms with Gasteiger partial charge in [0.15, 0.2) is 0 Å². The van der Waals surface area contributed by atoms with E-state index in [1.807, 2.05) is 18.7 Å². The van der Waals surface area contributed by atoms with Gasteiger partial charge in [-0.25, -0.2) is 0 Å². The number of aromatic nitrogens is 2. The SMILES string of the molecule is CCNC(Cc1c(Cl)c(CC)nn1C)c1scc(C)c1Cl. The minimum Gasteiger partial charge on any atom is -0.309 e. The van der Waals surface area contributed by atoms with E-state index in [9.17, 15) is 0 Å². The highest BCUT2D eigenvalue weighted by molar-refractivity contribution is 7.10. The topological polar surface area (TPSA) is 29.9 Å². The second kappa shape index (κ2) is 7.14. The van der Waals surface area contributed by atoms with Crippen LogP contribution in [0.2, 0.25) is 10.0 Å². The summed E-state index contributed by atoms with van der Waals surface area (Å²) in [4.78, 5) is 1.17. The molecular weight excluding hydrogens is 325 g/mol. The van der Waals surface area contributed by atoms with Gasteiger partial charge in [-0.3, -0.25) is 4.68 Å². The third-order valence-corrected chi connectivity index (χ3v) is 5.86. The van der Waals surface area contributed by atoms with Crippen LogP contribution in [0, 0.1) is 6.92 Å². The van der Waals surface area contributed by atoms with Crippen molar-refractivity contribution in [2.75, 3.05) is 6.54 Å². The number of likely N-dealkylation sites (N-methyl/N-ethyl adjacent to an activating group) is 1. The Morgan fingerprint density at radius 3 is 2.52 bits per heavy atom. The molecule has 0 aliphatic rings. The number of aryl methyl sites for hydroxylation is 3. The van der Waals surface area contributed by atoms with Crippen LogP contribution in [0.1, 0.15) is 41.7 Å². The molecule has 116 valence electrons. The van der Waals surface area contributed by atoms with Gasteiger partial charge >= 0.3 is 0 Å². The van der Waals surface area contributed by atoms with Crippen molar-refractivity contribution in [3.8, 4) is 0 Å². The molecule has 0 aliphatic carbocycles. The zero-order chi connectivity index (χ0) is 15.6. The lowest BCUT2D eigenvalue weighted by Gasteiger charge is -2.17. The molecule has 2 aromatic heterocycles. The molecule has 0 aromatic carbocycles. The summed E-state index contributed by atoms with van der Waals surface area (Å²) in [6.07, 6.45) is 1.63. The molecule has 1 atom stereocenters. The molecule has 0 radical (unpaired) electrons. The summed E-state index contributed by atoms with van der Waals surface area (Å²) in [5.74, 6) is 0. The lowest BCUT2D eigenvalue weighted by atomic mass is 10.1. The summed E-state index contributed by atoms with van der Waals surface area (Å²) in [6, 6.07) is 0.166. The predicted molar refractivity (Wildman–Crippen MR) is 91.8 cm³/mol. The zero-order valence-corrected chi connectivity index (χ0v) is 15.2. The third kappa shape index (κ3) is 3.45. The lowest BCUT2D eigenvalue weighted by Crippen LogP contribution is -2.23. The average Bonchev–Trinajstić information content (AvgIpc) is 2.92. The summed E-state index contributed by atoms with van der Waals surface area (Å²) in [5.41, 5.74) is 3.14. The highest BCUT2D eigenvalue weighted by Gasteiger charge is 2.22. The molecule has 21 heavy (non-hydrogen) atoms. The van der Waals surface area contributed by atoms with Crippen LogP contribution >= 0.6 is 34.5 Å². The summed E-state index contributed by atoms with van der Waals surface area (Å²) in [6.45, 7) is 7.09. The van der Waals surface area contributed by atoms with E-state index >= 15 is 0 Å².